The summed E-state index contributed by atoms with van der Waals surface area (Å²) < 4.78 is 10.8. The quantitative estimate of drug-likeness (QED) is 0.210. The predicted molar refractivity (Wildman–Crippen MR) is 152 cm³/mol. The number of hydrogen-bond acceptors (Lipinski definition) is 8. The van der Waals surface area contributed by atoms with Crippen LogP contribution in [0.25, 0.3) is 0 Å². The summed E-state index contributed by atoms with van der Waals surface area (Å²) in [5.74, 6) is -2.10. The van der Waals surface area contributed by atoms with E-state index in [2.05, 4.69) is 10.6 Å². The average Bonchev–Trinajstić information content (AvgIpc) is 3.13. The number of Topliss-reactive ketones (excluding diaryl/α,β-unsaturated/α-hetero) is 2. The zero-order valence-corrected chi connectivity index (χ0v) is 24.8. The zero-order valence-electron chi connectivity index (χ0n) is 24.8. The van der Waals surface area contributed by atoms with E-state index in [1.165, 1.54) is 26.0 Å². The van der Waals surface area contributed by atoms with E-state index in [0.29, 0.717) is 13.1 Å². The fourth-order valence-electron chi connectivity index (χ4n) is 4.41. The average molecular weight is 574 g/mol. The third-order valence-electron chi connectivity index (χ3n) is 6.41. The molecule has 0 aromatic heterocycles. The van der Waals surface area contributed by atoms with Crippen LogP contribution < -0.4 is 15.4 Å². The summed E-state index contributed by atoms with van der Waals surface area (Å²) >= 11 is 0. The monoisotopic (exact) mass is 573 g/mol. The van der Waals surface area contributed by atoms with Crippen LogP contribution in [0.5, 0.6) is 5.75 Å². The third-order valence-corrected chi connectivity index (χ3v) is 6.41. The van der Waals surface area contributed by atoms with Gasteiger partial charge in [-0.1, -0.05) is 31.7 Å². The minimum absolute atomic E-state index is 0.0145. The number of amides is 4. The molecule has 1 aromatic rings. The second-order valence-electron chi connectivity index (χ2n) is 11.2. The molecule has 0 saturated heterocycles. The molecule has 1 aromatic carbocycles. The molecule has 0 saturated carbocycles. The molecule has 4 amide bonds. The molecular formula is C30H43N3O8. The van der Waals surface area contributed by atoms with Crippen LogP contribution in [0.15, 0.2) is 18.2 Å². The van der Waals surface area contributed by atoms with Crippen molar-refractivity contribution in [2.45, 2.75) is 97.6 Å². The van der Waals surface area contributed by atoms with Crippen LogP contribution in [0.4, 0.5) is 4.79 Å². The lowest BCUT2D eigenvalue weighted by Crippen LogP contribution is -2.44. The molecule has 0 spiro atoms. The number of rotatable bonds is 17. The van der Waals surface area contributed by atoms with Gasteiger partial charge >= 0.3 is 6.09 Å². The Labute approximate surface area is 241 Å². The second-order valence-corrected chi connectivity index (χ2v) is 11.2. The first-order valence-corrected chi connectivity index (χ1v) is 14.2. The zero-order chi connectivity index (χ0) is 30.6. The summed E-state index contributed by atoms with van der Waals surface area (Å²) in [5, 5.41) is 5.53. The summed E-state index contributed by atoms with van der Waals surface area (Å²) in [6.07, 6.45) is 5.35. The topological polar surface area (TPSA) is 148 Å². The molecule has 0 fully saturated rings. The number of carbonyl (C=O) groups excluding carboxylic acids is 6. The SMILES string of the molecule is CC(=O)CCC(C(C)=O)N1C(=O)c2cccc(OCC(=O)NCCCCCCCCNC(=O)OC(C)(C)C)c2C1=O. The summed E-state index contributed by atoms with van der Waals surface area (Å²) in [4.78, 5) is 74.6. The summed E-state index contributed by atoms with van der Waals surface area (Å²) in [6.45, 7) is 8.86. The normalized spacial score (nSPS) is 13.4. The molecule has 1 unspecified atom stereocenters. The summed E-state index contributed by atoms with van der Waals surface area (Å²) in [7, 11) is 0. The van der Waals surface area contributed by atoms with Gasteiger partial charge in [0.15, 0.2) is 12.4 Å². The highest BCUT2D eigenvalue weighted by atomic mass is 16.6. The van der Waals surface area contributed by atoms with Crippen LogP contribution >= 0.6 is 0 Å². The highest BCUT2D eigenvalue weighted by Gasteiger charge is 2.43. The van der Waals surface area contributed by atoms with E-state index < -0.39 is 35.3 Å². The Balaban J connectivity index is 1.71. The van der Waals surface area contributed by atoms with Crippen LogP contribution in [0.2, 0.25) is 0 Å². The fraction of sp³-hybridized carbons (Fsp3) is 0.600. The minimum Gasteiger partial charge on any atom is -0.483 e. The Morgan fingerprint density at radius 3 is 2.07 bits per heavy atom. The van der Waals surface area contributed by atoms with E-state index in [0.717, 1.165) is 43.4 Å². The molecular weight excluding hydrogens is 530 g/mol. The minimum atomic E-state index is -1.05. The lowest BCUT2D eigenvalue weighted by atomic mass is 10.0. The number of ketones is 2. The number of ether oxygens (including phenoxy) is 2. The lowest BCUT2D eigenvalue weighted by Gasteiger charge is -2.23. The smallest absolute Gasteiger partial charge is 0.407 e. The van der Waals surface area contributed by atoms with Crippen LogP contribution in [0.1, 0.15) is 107 Å². The Bertz CT molecular complexity index is 1130. The number of imide groups is 1. The van der Waals surface area contributed by atoms with Gasteiger partial charge < -0.3 is 24.9 Å². The fourth-order valence-corrected chi connectivity index (χ4v) is 4.41. The highest BCUT2D eigenvalue weighted by Crippen LogP contribution is 2.33. The van der Waals surface area contributed by atoms with Crippen molar-refractivity contribution in [1.29, 1.82) is 0 Å². The first-order valence-electron chi connectivity index (χ1n) is 14.2. The molecule has 1 aliphatic heterocycles. The van der Waals surface area contributed by atoms with Crippen LogP contribution in [0.3, 0.4) is 0 Å². The van der Waals surface area contributed by atoms with Crippen molar-refractivity contribution in [1.82, 2.24) is 15.5 Å². The van der Waals surface area contributed by atoms with Gasteiger partial charge in [0.2, 0.25) is 0 Å². The third kappa shape index (κ3) is 11.0. The predicted octanol–water partition coefficient (Wildman–Crippen LogP) is 3.97. The van der Waals surface area contributed by atoms with Crippen molar-refractivity contribution in [3.8, 4) is 5.75 Å². The van der Waals surface area contributed by atoms with E-state index in [1.807, 2.05) is 20.8 Å². The molecule has 0 radical (unpaired) electrons. The lowest BCUT2D eigenvalue weighted by molar-refractivity contribution is -0.123. The number of nitrogens with zero attached hydrogens (tertiary/aromatic N) is 1. The number of hydrogen-bond donors (Lipinski definition) is 2. The number of nitrogens with one attached hydrogen (secondary N) is 2. The number of alkyl carbamates (subject to hydrolysis) is 1. The van der Waals surface area contributed by atoms with Gasteiger partial charge in [0.05, 0.1) is 17.2 Å². The van der Waals surface area contributed by atoms with Crippen molar-refractivity contribution < 1.29 is 38.2 Å². The first-order chi connectivity index (χ1) is 19.3. The van der Waals surface area contributed by atoms with E-state index in [1.54, 1.807) is 6.07 Å². The van der Waals surface area contributed by atoms with E-state index >= 15 is 0 Å². The maximum absolute atomic E-state index is 13.2. The Hall–Kier alpha value is -3.76. The Kier molecular flexibility index (Phi) is 13.0. The van der Waals surface area contributed by atoms with Gasteiger partial charge in [-0.3, -0.25) is 24.1 Å². The summed E-state index contributed by atoms with van der Waals surface area (Å²) in [6, 6.07) is 3.48. The van der Waals surface area contributed by atoms with E-state index in [-0.39, 0.29) is 48.0 Å². The van der Waals surface area contributed by atoms with Crippen molar-refractivity contribution in [2.24, 2.45) is 0 Å². The molecule has 11 heteroatoms. The second kappa shape index (κ2) is 15.9. The molecule has 0 aliphatic carbocycles. The van der Waals surface area contributed by atoms with Crippen LogP contribution in [-0.2, 0) is 19.1 Å². The highest BCUT2D eigenvalue weighted by molar-refractivity contribution is 6.24. The molecule has 226 valence electrons. The van der Waals surface area contributed by atoms with Gasteiger partial charge in [-0.05, 0) is 66.0 Å². The Morgan fingerprint density at radius 2 is 1.49 bits per heavy atom. The summed E-state index contributed by atoms with van der Waals surface area (Å²) in [5.41, 5.74) is -0.392. The van der Waals surface area contributed by atoms with Crippen molar-refractivity contribution in [3.63, 3.8) is 0 Å². The van der Waals surface area contributed by atoms with Crippen LogP contribution in [0, 0.1) is 0 Å². The maximum Gasteiger partial charge on any atom is 0.407 e. The molecule has 0 bridgehead atoms. The standard InChI is InChI=1S/C30H43N3O8/c1-20(34)15-16-23(21(2)35)33-27(37)22-13-12-14-24(26(22)28(33)38)40-19-25(36)31-17-10-8-6-7-9-11-18-32-29(39)41-30(3,4)5/h12-14,23H,6-11,15-19H2,1-5H3,(H,31,36)(H,32,39). The molecule has 1 atom stereocenters. The maximum atomic E-state index is 13.2. The van der Waals surface area contributed by atoms with Crippen molar-refractivity contribution in [2.75, 3.05) is 19.7 Å². The van der Waals surface area contributed by atoms with Gasteiger partial charge in [0.1, 0.15) is 17.1 Å². The number of benzene rings is 1. The number of fused-ring (bicyclic) bond motifs is 1. The molecule has 41 heavy (non-hydrogen) atoms. The van der Waals surface area contributed by atoms with Gasteiger partial charge in [-0.2, -0.15) is 0 Å². The van der Waals surface area contributed by atoms with Crippen molar-refractivity contribution in [3.05, 3.63) is 29.3 Å². The first kappa shape index (κ1) is 33.4. The molecule has 2 N–H and O–H groups in total. The van der Waals surface area contributed by atoms with Gasteiger partial charge in [-0.15, -0.1) is 0 Å². The van der Waals surface area contributed by atoms with Gasteiger partial charge in [0, 0.05) is 19.5 Å². The molecule has 1 aliphatic rings. The van der Waals surface area contributed by atoms with Gasteiger partial charge in [-0.25, -0.2) is 4.79 Å². The van der Waals surface area contributed by atoms with Crippen molar-refractivity contribution >= 4 is 35.4 Å². The Morgan fingerprint density at radius 1 is 0.878 bits per heavy atom. The van der Waals surface area contributed by atoms with Gasteiger partial charge in [0.25, 0.3) is 17.7 Å². The largest absolute Gasteiger partial charge is 0.483 e. The van der Waals surface area contributed by atoms with E-state index in [4.69, 9.17) is 9.47 Å². The number of unbranched alkanes of at least 4 members (excludes halogenated alkanes) is 5. The molecule has 1 heterocycles. The van der Waals surface area contributed by atoms with E-state index in [9.17, 15) is 28.8 Å². The molecule has 2 rings (SSSR count). The van der Waals surface area contributed by atoms with Crippen LogP contribution in [-0.4, -0.2) is 71.6 Å². The molecule has 11 nitrogen and oxygen atoms in total. The number of carbonyl (C=O) groups is 6.